The van der Waals surface area contributed by atoms with Gasteiger partial charge in [-0.25, -0.2) is 4.98 Å². The monoisotopic (exact) mass is 322 g/mol. The maximum absolute atomic E-state index is 12.1. The van der Waals surface area contributed by atoms with Gasteiger partial charge in [-0.05, 0) is 30.5 Å². The first-order chi connectivity index (χ1) is 8.70. The van der Waals surface area contributed by atoms with Gasteiger partial charge in [0, 0.05) is 15.6 Å². The second-order valence-electron chi connectivity index (χ2n) is 3.51. The predicted octanol–water partition coefficient (Wildman–Crippen LogP) is 3.82. The number of benzene rings is 1. The molecular weight excluding hydrogens is 312 g/mol. The van der Waals surface area contributed by atoms with Gasteiger partial charge in [0.1, 0.15) is 5.82 Å². The summed E-state index contributed by atoms with van der Waals surface area (Å²) < 4.78 is 0.881. The fourth-order valence-electron chi connectivity index (χ4n) is 1.49. The number of hydrogen-bond donors (Lipinski definition) is 1. The molecule has 1 aromatic carbocycles. The topological polar surface area (TPSA) is 42.0 Å². The molecule has 1 amide bonds. The van der Waals surface area contributed by atoms with Crippen molar-refractivity contribution in [2.24, 2.45) is 0 Å². The van der Waals surface area contributed by atoms with Gasteiger partial charge < -0.3 is 5.32 Å². The number of nitrogens with one attached hydrogen (secondary N) is 1. The number of hydrogen-bond acceptors (Lipinski definition) is 3. The van der Waals surface area contributed by atoms with Crippen molar-refractivity contribution in [1.82, 2.24) is 4.98 Å². The van der Waals surface area contributed by atoms with E-state index in [0.29, 0.717) is 11.4 Å². The van der Waals surface area contributed by atoms with Crippen LogP contribution in [-0.4, -0.2) is 17.1 Å². The van der Waals surface area contributed by atoms with Gasteiger partial charge in [0.15, 0.2) is 0 Å². The van der Waals surface area contributed by atoms with Crippen LogP contribution in [0.15, 0.2) is 52.0 Å². The molecule has 0 aliphatic rings. The quantitative estimate of drug-likeness (QED) is 0.873. The highest BCUT2D eigenvalue weighted by molar-refractivity contribution is 9.10. The van der Waals surface area contributed by atoms with E-state index in [1.807, 2.05) is 30.5 Å². The summed E-state index contributed by atoms with van der Waals surface area (Å²) in [4.78, 5) is 17.2. The molecule has 0 saturated heterocycles. The lowest BCUT2D eigenvalue weighted by Crippen LogP contribution is -2.13. The van der Waals surface area contributed by atoms with Crippen LogP contribution in [0.3, 0.4) is 0 Å². The van der Waals surface area contributed by atoms with E-state index in [1.54, 1.807) is 30.1 Å². The molecular formula is C13H11BrN2OS. The van der Waals surface area contributed by atoms with E-state index in [9.17, 15) is 4.79 Å². The lowest BCUT2D eigenvalue weighted by atomic mass is 10.2. The molecule has 0 aliphatic carbocycles. The summed E-state index contributed by atoms with van der Waals surface area (Å²) in [6, 6.07) is 11.1. The van der Waals surface area contributed by atoms with E-state index in [4.69, 9.17) is 0 Å². The van der Waals surface area contributed by atoms with Crippen LogP contribution >= 0.6 is 27.7 Å². The Morgan fingerprint density at radius 2 is 2.11 bits per heavy atom. The third kappa shape index (κ3) is 3.11. The molecule has 2 rings (SSSR count). The summed E-state index contributed by atoms with van der Waals surface area (Å²) in [5.41, 5.74) is 0.659. The Labute approximate surface area is 118 Å². The molecule has 1 aromatic heterocycles. The van der Waals surface area contributed by atoms with E-state index >= 15 is 0 Å². The molecule has 0 spiro atoms. The van der Waals surface area contributed by atoms with Crippen molar-refractivity contribution in [3.63, 3.8) is 0 Å². The minimum atomic E-state index is -0.148. The molecule has 0 saturated carbocycles. The predicted molar refractivity (Wildman–Crippen MR) is 78.1 cm³/mol. The highest BCUT2D eigenvalue weighted by atomic mass is 79.9. The molecule has 0 fully saturated rings. The second-order valence-corrected chi connectivity index (χ2v) is 5.28. The molecule has 1 N–H and O–H groups in total. The molecule has 2 aromatic rings. The highest BCUT2D eigenvalue weighted by Crippen LogP contribution is 2.21. The molecule has 92 valence electrons. The molecule has 5 heteroatoms. The summed E-state index contributed by atoms with van der Waals surface area (Å²) in [6.07, 6.45) is 3.59. The molecule has 0 radical (unpaired) electrons. The van der Waals surface area contributed by atoms with Crippen LogP contribution in [0, 0.1) is 0 Å². The summed E-state index contributed by atoms with van der Waals surface area (Å²) in [7, 11) is 0. The molecule has 0 aliphatic heterocycles. The highest BCUT2D eigenvalue weighted by Gasteiger charge is 2.10. The lowest BCUT2D eigenvalue weighted by Gasteiger charge is -2.07. The Morgan fingerprint density at radius 1 is 1.33 bits per heavy atom. The van der Waals surface area contributed by atoms with Crippen LogP contribution in [0.2, 0.25) is 0 Å². The largest absolute Gasteiger partial charge is 0.306 e. The first-order valence-corrected chi connectivity index (χ1v) is 7.28. The van der Waals surface area contributed by atoms with Crippen LogP contribution < -0.4 is 5.32 Å². The number of carbonyl (C=O) groups is 1. The Kier molecular flexibility index (Phi) is 4.38. The number of anilines is 1. The molecule has 18 heavy (non-hydrogen) atoms. The number of halogens is 1. The summed E-state index contributed by atoms with van der Waals surface area (Å²) >= 11 is 4.89. The molecule has 1 heterocycles. The SMILES string of the molecule is CSc1ccccc1C(=O)Nc1cc(Br)ccn1. The van der Waals surface area contributed by atoms with Gasteiger partial charge in [-0.15, -0.1) is 11.8 Å². The van der Waals surface area contributed by atoms with Gasteiger partial charge in [-0.2, -0.15) is 0 Å². The first kappa shape index (κ1) is 13.1. The Balaban J connectivity index is 2.22. The zero-order valence-corrected chi connectivity index (χ0v) is 12.1. The van der Waals surface area contributed by atoms with Crippen molar-refractivity contribution in [3.8, 4) is 0 Å². The fourth-order valence-corrected chi connectivity index (χ4v) is 2.42. The van der Waals surface area contributed by atoms with Crippen LogP contribution in [0.25, 0.3) is 0 Å². The zero-order chi connectivity index (χ0) is 13.0. The van der Waals surface area contributed by atoms with E-state index in [-0.39, 0.29) is 5.91 Å². The van der Waals surface area contributed by atoms with Crippen molar-refractivity contribution < 1.29 is 4.79 Å². The van der Waals surface area contributed by atoms with Crippen molar-refractivity contribution in [2.75, 3.05) is 11.6 Å². The standard InChI is InChI=1S/C13H11BrN2OS/c1-18-11-5-3-2-4-10(11)13(17)16-12-8-9(14)6-7-15-12/h2-8H,1H3,(H,15,16,17). The van der Waals surface area contributed by atoms with Gasteiger partial charge >= 0.3 is 0 Å². The summed E-state index contributed by atoms with van der Waals surface area (Å²) in [5.74, 6) is 0.385. The Bertz CT molecular complexity index is 574. The smallest absolute Gasteiger partial charge is 0.257 e. The Morgan fingerprint density at radius 3 is 2.83 bits per heavy atom. The van der Waals surface area contributed by atoms with E-state index in [1.165, 1.54) is 0 Å². The maximum Gasteiger partial charge on any atom is 0.257 e. The number of pyridine rings is 1. The maximum atomic E-state index is 12.1. The molecule has 0 atom stereocenters. The number of nitrogens with zero attached hydrogens (tertiary/aromatic N) is 1. The van der Waals surface area contributed by atoms with Crippen molar-refractivity contribution in [1.29, 1.82) is 0 Å². The summed E-state index contributed by atoms with van der Waals surface area (Å²) in [6.45, 7) is 0. The van der Waals surface area contributed by atoms with Crippen molar-refractivity contribution in [3.05, 3.63) is 52.6 Å². The normalized spacial score (nSPS) is 10.1. The number of carbonyl (C=O) groups excluding carboxylic acids is 1. The van der Waals surface area contributed by atoms with Gasteiger partial charge in [0.05, 0.1) is 5.56 Å². The fraction of sp³-hybridized carbons (Fsp3) is 0.0769. The van der Waals surface area contributed by atoms with E-state index in [0.717, 1.165) is 9.37 Å². The van der Waals surface area contributed by atoms with Gasteiger partial charge in [-0.1, -0.05) is 28.1 Å². The first-order valence-electron chi connectivity index (χ1n) is 5.26. The van der Waals surface area contributed by atoms with Gasteiger partial charge in [0.25, 0.3) is 5.91 Å². The minimum absolute atomic E-state index is 0.148. The third-order valence-corrected chi connectivity index (χ3v) is 3.60. The van der Waals surface area contributed by atoms with Crippen LogP contribution in [0.1, 0.15) is 10.4 Å². The van der Waals surface area contributed by atoms with Gasteiger partial charge in [0.2, 0.25) is 0 Å². The molecule has 3 nitrogen and oxygen atoms in total. The lowest BCUT2D eigenvalue weighted by molar-refractivity contribution is 0.102. The second kappa shape index (κ2) is 6.02. The van der Waals surface area contributed by atoms with E-state index in [2.05, 4.69) is 26.2 Å². The molecule has 0 bridgehead atoms. The number of amides is 1. The number of aromatic nitrogens is 1. The van der Waals surface area contributed by atoms with Gasteiger partial charge in [-0.3, -0.25) is 4.79 Å². The molecule has 0 unspecified atom stereocenters. The number of rotatable bonds is 3. The zero-order valence-electron chi connectivity index (χ0n) is 9.68. The van der Waals surface area contributed by atoms with Crippen LogP contribution in [0.4, 0.5) is 5.82 Å². The number of thioether (sulfide) groups is 1. The average molecular weight is 323 g/mol. The van der Waals surface area contributed by atoms with E-state index < -0.39 is 0 Å². The average Bonchev–Trinajstić information content (AvgIpc) is 2.38. The van der Waals surface area contributed by atoms with Crippen LogP contribution in [0.5, 0.6) is 0 Å². The minimum Gasteiger partial charge on any atom is -0.306 e. The summed E-state index contributed by atoms with van der Waals surface area (Å²) in [5, 5.41) is 2.78. The van der Waals surface area contributed by atoms with Crippen LogP contribution in [-0.2, 0) is 0 Å². The Hall–Kier alpha value is -1.33. The van der Waals surface area contributed by atoms with Crippen molar-refractivity contribution in [2.45, 2.75) is 4.90 Å². The van der Waals surface area contributed by atoms with Crippen molar-refractivity contribution >= 4 is 39.4 Å². The third-order valence-electron chi connectivity index (χ3n) is 2.32.